The van der Waals surface area contributed by atoms with E-state index >= 15 is 0 Å². The molecule has 0 saturated heterocycles. The van der Waals surface area contributed by atoms with Gasteiger partial charge < -0.3 is 10.6 Å². The summed E-state index contributed by atoms with van der Waals surface area (Å²) in [5.41, 5.74) is 2.26. The Hall–Kier alpha value is -2.87. The maximum atomic E-state index is 6.00. The monoisotopic (exact) mass is 346 g/mol. The highest BCUT2D eigenvalue weighted by molar-refractivity contribution is 7.09. The van der Waals surface area contributed by atoms with Crippen molar-refractivity contribution in [2.75, 3.05) is 10.6 Å². The molecule has 6 nitrogen and oxygen atoms in total. The summed E-state index contributed by atoms with van der Waals surface area (Å²) in [4.78, 5) is 9.94. The lowest BCUT2D eigenvalue weighted by Gasteiger charge is -2.12. The lowest BCUT2D eigenvalue weighted by molar-refractivity contribution is 0.922. The Morgan fingerprint density at radius 1 is 1.12 bits per heavy atom. The zero-order chi connectivity index (χ0) is 17.1. The molecule has 0 saturated carbocycles. The van der Waals surface area contributed by atoms with E-state index in [1.807, 2.05) is 30.5 Å². The third-order valence-corrected chi connectivity index (χ3v) is 4.60. The van der Waals surface area contributed by atoms with Gasteiger partial charge in [0.25, 0.3) is 0 Å². The van der Waals surface area contributed by atoms with Gasteiger partial charge in [-0.25, -0.2) is 4.98 Å². The van der Waals surface area contributed by atoms with E-state index < -0.39 is 0 Å². The van der Waals surface area contributed by atoms with Crippen molar-refractivity contribution in [1.29, 1.82) is 0 Å². The first-order chi connectivity index (χ1) is 12.3. The maximum absolute atomic E-state index is 6.00. The minimum atomic E-state index is 0.546. The predicted octanol–water partition coefficient (Wildman–Crippen LogP) is 2.20. The molecule has 25 heavy (non-hydrogen) atoms. The van der Waals surface area contributed by atoms with Gasteiger partial charge in [0, 0.05) is 36.1 Å². The fourth-order valence-corrected chi connectivity index (χ4v) is 3.13. The molecule has 0 bridgehead atoms. The van der Waals surface area contributed by atoms with E-state index in [0.717, 1.165) is 23.7 Å². The zero-order valence-electron chi connectivity index (χ0n) is 13.4. The SMILES string of the molecule is [B]c1cnn2c(NCc3cccnc3)cc(NCc3cccs3)nc12. The second-order valence-electron chi connectivity index (χ2n) is 5.51. The normalized spacial score (nSPS) is 10.9. The fourth-order valence-electron chi connectivity index (χ4n) is 2.48. The van der Waals surface area contributed by atoms with Gasteiger partial charge in [0.15, 0.2) is 5.65 Å². The average molecular weight is 346 g/mol. The minimum absolute atomic E-state index is 0.546. The molecule has 2 N–H and O–H groups in total. The molecule has 4 heterocycles. The highest BCUT2D eigenvalue weighted by atomic mass is 32.1. The predicted molar refractivity (Wildman–Crippen MR) is 102 cm³/mol. The summed E-state index contributed by atoms with van der Waals surface area (Å²) in [6, 6.07) is 9.99. The average Bonchev–Trinajstić information content (AvgIpc) is 3.29. The highest BCUT2D eigenvalue weighted by Gasteiger charge is 2.09. The summed E-state index contributed by atoms with van der Waals surface area (Å²) in [5, 5.41) is 13.1. The molecule has 0 aliphatic rings. The standard InChI is InChI=1S/C17H15BN6S/c18-14-11-22-24-16(21-9-12-3-1-5-19-8-12)7-15(23-17(14)24)20-10-13-4-2-6-25-13/h1-8,11,21H,9-10H2,(H,20,23). The molecule has 0 aliphatic heterocycles. The van der Waals surface area contributed by atoms with Crippen molar-refractivity contribution in [3.63, 3.8) is 0 Å². The number of nitrogens with one attached hydrogen (secondary N) is 2. The Kier molecular flexibility index (Phi) is 4.35. The molecular formula is C17H15BN6S. The van der Waals surface area contributed by atoms with E-state index in [1.165, 1.54) is 4.88 Å². The molecule has 8 heteroatoms. The van der Waals surface area contributed by atoms with Crippen LogP contribution in [0.25, 0.3) is 5.65 Å². The van der Waals surface area contributed by atoms with E-state index in [2.05, 4.69) is 37.1 Å². The number of hydrogen-bond acceptors (Lipinski definition) is 6. The fraction of sp³-hybridized carbons (Fsp3) is 0.118. The highest BCUT2D eigenvalue weighted by Crippen LogP contribution is 2.17. The molecule has 0 unspecified atom stereocenters. The number of rotatable bonds is 6. The van der Waals surface area contributed by atoms with Crippen LogP contribution in [-0.2, 0) is 13.1 Å². The summed E-state index contributed by atoms with van der Waals surface area (Å²) < 4.78 is 1.71. The van der Waals surface area contributed by atoms with E-state index in [0.29, 0.717) is 17.7 Å². The molecule has 0 spiro atoms. The van der Waals surface area contributed by atoms with Crippen LogP contribution in [0, 0.1) is 0 Å². The number of aromatic nitrogens is 4. The van der Waals surface area contributed by atoms with Gasteiger partial charge in [-0.2, -0.15) is 9.61 Å². The van der Waals surface area contributed by atoms with Crippen molar-refractivity contribution in [2.24, 2.45) is 0 Å². The van der Waals surface area contributed by atoms with Gasteiger partial charge in [-0.3, -0.25) is 4.98 Å². The molecule has 0 fully saturated rings. The topological polar surface area (TPSA) is 67.1 Å². The second-order valence-corrected chi connectivity index (χ2v) is 6.54. The van der Waals surface area contributed by atoms with Crippen molar-refractivity contribution in [2.45, 2.75) is 13.1 Å². The van der Waals surface area contributed by atoms with Crippen LogP contribution in [-0.4, -0.2) is 27.4 Å². The minimum Gasteiger partial charge on any atom is -0.366 e. The first-order valence-corrected chi connectivity index (χ1v) is 8.71. The van der Waals surface area contributed by atoms with Crippen molar-refractivity contribution in [3.05, 3.63) is 64.7 Å². The van der Waals surface area contributed by atoms with Crippen molar-refractivity contribution in [1.82, 2.24) is 19.6 Å². The summed E-state index contributed by atoms with van der Waals surface area (Å²) in [6.45, 7) is 1.36. The Bertz CT molecular complexity index is 968. The Morgan fingerprint density at radius 3 is 2.88 bits per heavy atom. The van der Waals surface area contributed by atoms with Gasteiger partial charge >= 0.3 is 0 Å². The first-order valence-electron chi connectivity index (χ1n) is 7.83. The van der Waals surface area contributed by atoms with Gasteiger partial charge in [0.05, 0.1) is 6.54 Å². The van der Waals surface area contributed by atoms with Crippen LogP contribution in [0.15, 0.2) is 54.3 Å². The lowest BCUT2D eigenvalue weighted by Crippen LogP contribution is -2.11. The molecule has 0 aromatic carbocycles. The van der Waals surface area contributed by atoms with Gasteiger partial charge in [-0.15, -0.1) is 11.3 Å². The van der Waals surface area contributed by atoms with Crippen LogP contribution in [0.4, 0.5) is 11.6 Å². The van der Waals surface area contributed by atoms with Crippen LogP contribution in [0.3, 0.4) is 0 Å². The third-order valence-electron chi connectivity index (χ3n) is 3.72. The van der Waals surface area contributed by atoms with Crippen LogP contribution >= 0.6 is 11.3 Å². The molecule has 0 atom stereocenters. The molecular weight excluding hydrogens is 331 g/mol. The summed E-state index contributed by atoms with van der Waals surface area (Å²) in [5.74, 6) is 1.57. The Balaban J connectivity index is 1.59. The van der Waals surface area contributed by atoms with E-state index in [-0.39, 0.29) is 0 Å². The number of pyridine rings is 1. The van der Waals surface area contributed by atoms with Crippen molar-refractivity contribution in [3.8, 4) is 0 Å². The summed E-state index contributed by atoms with van der Waals surface area (Å²) in [6.07, 6.45) is 5.20. The Labute approximate surface area is 150 Å². The molecule has 2 radical (unpaired) electrons. The van der Waals surface area contributed by atoms with Crippen LogP contribution in [0.5, 0.6) is 0 Å². The lowest BCUT2D eigenvalue weighted by atomic mass is 10.0. The van der Waals surface area contributed by atoms with Crippen LogP contribution in [0.1, 0.15) is 10.4 Å². The van der Waals surface area contributed by atoms with Gasteiger partial charge in [0.2, 0.25) is 0 Å². The summed E-state index contributed by atoms with van der Waals surface area (Å²) >= 11 is 1.71. The zero-order valence-corrected chi connectivity index (χ0v) is 14.2. The Morgan fingerprint density at radius 2 is 2.08 bits per heavy atom. The second kappa shape index (κ2) is 6.94. The maximum Gasteiger partial charge on any atom is 0.152 e. The van der Waals surface area contributed by atoms with Gasteiger partial charge in [-0.1, -0.05) is 12.1 Å². The van der Waals surface area contributed by atoms with Crippen molar-refractivity contribution >= 4 is 41.9 Å². The molecule has 4 aromatic rings. The molecule has 0 amide bonds. The largest absolute Gasteiger partial charge is 0.366 e. The molecule has 0 aliphatic carbocycles. The number of fused-ring (bicyclic) bond motifs is 1. The van der Waals surface area contributed by atoms with Crippen LogP contribution < -0.4 is 16.1 Å². The van der Waals surface area contributed by atoms with Gasteiger partial charge in [0.1, 0.15) is 19.5 Å². The van der Waals surface area contributed by atoms with Gasteiger partial charge in [-0.05, 0) is 28.5 Å². The quantitative estimate of drug-likeness (QED) is 0.524. The van der Waals surface area contributed by atoms with E-state index in [9.17, 15) is 0 Å². The van der Waals surface area contributed by atoms with Crippen molar-refractivity contribution < 1.29 is 0 Å². The molecule has 4 aromatic heterocycles. The number of nitrogens with zero attached hydrogens (tertiary/aromatic N) is 4. The number of hydrogen-bond donors (Lipinski definition) is 2. The number of anilines is 2. The number of thiophene rings is 1. The summed E-state index contributed by atoms with van der Waals surface area (Å²) in [7, 11) is 6.00. The molecule has 122 valence electrons. The smallest absolute Gasteiger partial charge is 0.152 e. The third kappa shape index (κ3) is 3.48. The first kappa shape index (κ1) is 15.7. The van der Waals surface area contributed by atoms with Crippen LogP contribution in [0.2, 0.25) is 0 Å². The van der Waals surface area contributed by atoms with E-state index in [4.69, 9.17) is 7.85 Å². The van der Waals surface area contributed by atoms with E-state index in [1.54, 1.807) is 28.2 Å². The molecule has 4 rings (SSSR count).